The third kappa shape index (κ3) is 4.10. The van der Waals surface area contributed by atoms with Gasteiger partial charge in [-0.1, -0.05) is 36.4 Å². The molecule has 0 saturated carbocycles. The molecule has 1 aliphatic rings. The van der Waals surface area contributed by atoms with E-state index in [9.17, 15) is 4.79 Å². The predicted octanol–water partition coefficient (Wildman–Crippen LogP) is 3.75. The molecule has 1 amide bonds. The molecule has 0 bridgehead atoms. The highest BCUT2D eigenvalue weighted by atomic mass is 16.5. The van der Waals surface area contributed by atoms with E-state index in [-0.39, 0.29) is 11.9 Å². The molecule has 1 unspecified atom stereocenters. The van der Waals surface area contributed by atoms with Gasteiger partial charge in [-0.15, -0.1) is 0 Å². The Morgan fingerprint density at radius 3 is 2.68 bits per heavy atom. The number of piperazine rings is 1. The third-order valence-corrected chi connectivity index (χ3v) is 5.19. The largest absolute Gasteiger partial charge is 0.497 e. The van der Waals surface area contributed by atoms with E-state index in [0.717, 1.165) is 23.4 Å². The number of anilines is 1. The molecule has 0 radical (unpaired) electrons. The van der Waals surface area contributed by atoms with Gasteiger partial charge in [0.1, 0.15) is 5.75 Å². The molecular formula is C23H24N2O3. The van der Waals surface area contributed by atoms with Crippen LogP contribution < -0.4 is 9.64 Å². The zero-order valence-electron chi connectivity index (χ0n) is 16.0. The van der Waals surface area contributed by atoms with Crippen LogP contribution in [0, 0.1) is 0 Å². The standard InChI is InChI=1S/C23H24N2O3/c1-27-22-9-5-8-20(13-22)25-15-21(12-18-6-3-2-4-7-18)24(16-23(25)26)14-19-10-11-28-17-19/h2-11,13,17,21H,12,14-16H2,1H3. The van der Waals surface area contributed by atoms with Gasteiger partial charge < -0.3 is 14.1 Å². The van der Waals surface area contributed by atoms with E-state index >= 15 is 0 Å². The van der Waals surface area contributed by atoms with Gasteiger partial charge in [0.15, 0.2) is 0 Å². The fourth-order valence-electron chi connectivity index (χ4n) is 3.73. The highest BCUT2D eigenvalue weighted by molar-refractivity contribution is 5.95. The number of hydrogen-bond acceptors (Lipinski definition) is 4. The molecular weight excluding hydrogens is 352 g/mol. The van der Waals surface area contributed by atoms with Gasteiger partial charge in [0.05, 0.1) is 26.2 Å². The fraction of sp³-hybridized carbons (Fsp3) is 0.261. The summed E-state index contributed by atoms with van der Waals surface area (Å²) in [5.41, 5.74) is 3.23. The quantitative estimate of drug-likeness (QED) is 0.657. The molecule has 5 heteroatoms. The highest BCUT2D eigenvalue weighted by Gasteiger charge is 2.33. The van der Waals surface area contributed by atoms with E-state index < -0.39 is 0 Å². The lowest BCUT2D eigenvalue weighted by Gasteiger charge is -2.41. The summed E-state index contributed by atoms with van der Waals surface area (Å²) in [6, 6.07) is 20.3. The van der Waals surface area contributed by atoms with Crippen molar-refractivity contribution in [1.82, 2.24) is 4.90 Å². The topological polar surface area (TPSA) is 45.9 Å². The summed E-state index contributed by atoms with van der Waals surface area (Å²) < 4.78 is 10.6. The molecule has 0 spiro atoms. The highest BCUT2D eigenvalue weighted by Crippen LogP contribution is 2.26. The van der Waals surface area contributed by atoms with Crippen LogP contribution in [0.3, 0.4) is 0 Å². The molecule has 2 aromatic carbocycles. The summed E-state index contributed by atoms with van der Waals surface area (Å²) in [6.45, 7) is 1.71. The number of amides is 1. The summed E-state index contributed by atoms with van der Waals surface area (Å²) in [4.78, 5) is 17.1. The van der Waals surface area contributed by atoms with Crippen LogP contribution in [-0.4, -0.2) is 37.0 Å². The van der Waals surface area contributed by atoms with Gasteiger partial charge in [-0.3, -0.25) is 9.69 Å². The Morgan fingerprint density at radius 1 is 1.07 bits per heavy atom. The molecule has 1 aliphatic heterocycles. The summed E-state index contributed by atoms with van der Waals surface area (Å²) in [5.74, 6) is 0.854. The SMILES string of the molecule is COc1cccc(N2CC(Cc3ccccc3)N(Cc3ccoc3)CC2=O)c1. The van der Waals surface area contributed by atoms with Crippen LogP contribution in [0.25, 0.3) is 0 Å². The Bertz CT molecular complexity index is 909. The molecule has 0 N–H and O–H groups in total. The van der Waals surface area contributed by atoms with Crippen molar-refractivity contribution in [2.75, 3.05) is 25.1 Å². The van der Waals surface area contributed by atoms with Crippen LogP contribution >= 0.6 is 0 Å². The van der Waals surface area contributed by atoms with E-state index in [2.05, 4.69) is 29.2 Å². The molecule has 1 fully saturated rings. The lowest BCUT2D eigenvalue weighted by molar-refractivity contribution is -0.122. The Balaban J connectivity index is 1.59. The van der Waals surface area contributed by atoms with E-state index in [0.29, 0.717) is 19.6 Å². The van der Waals surface area contributed by atoms with Crippen molar-refractivity contribution in [1.29, 1.82) is 0 Å². The molecule has 144 valence electrons. The van der Waals surface area contributed by atoms with Gasteiger partial charge in [-0.25, -0.2) is 0 Å². The van der Waals surface area contributed by atoms with Crippen molar-refractivity contribution < 1.29 is 13.9 Å². The second-order valence-electron chi connectivity index (χ2n) is 7.09. The number of benzene rings is 2. The van der Waals surface area contributed by atoms with Crippen LogP contribution in [0.4, 0.5) is 5.69 Å². The second-order valence-corrected chi connectivity index (χ2v) is 7.09. The predicted molar refractivity (Wildman–Crippen MR) is 108 cm³/mol. The Hall–Kier alpha value is -3.05. The average molecular weight is 376 g/mol. The van der Waals surface area contributed by atoms with Crippen LogP contribution in [-0.2, 0) is 17.8 Å². The minimum absolute atomic E-state index is 0.0982. The Kier molecular flexibility index (Phi) is 5.44. The first-order chi connectivity index (χ1) is 13.7. The monoisotopic (exact) mass is 376 g/mol. The van der Waals surface area contributed by atoms with Crippen LogP contribution in [0.15, 0.2) is 77.6 Å². The summed E-state index contributed by atoms with van der Waals surface area (Å²) >= 11 is 0. The number of hydrogen-bond donors (Lipinski definition) is 0. The summed E-state index contributed by atoms with van der Waals surface area (Å²) in [6.07, 6.45) is 4.31. The second kappa shape index (κ2) is 8.31. The number of ether oxygens (including phenoxy) is 1. The van der Waals surface area contributed by atoms with Crippen molar-refractivity contribution in [3.63, 3.8) is 0 Å². The number of carbonyl (C=O) groups is 1. The fourth-order valence-corrected chi connectivity index (χ4v) is 3.73. The maximum absolute atomic E-state index is 13.0. The molecule has 0 aliphatic carbocycles. The molecule has 1 aromatic heterocycles. The van der Waals surface area contributed by atoms with Gasteiger partial charge in [0.2, 0.25) is 5.91 Å². The molecule has 1 atom stereocenters. The van der Waals surface area contributed by atoms with Crippen molar-refractivity contribution >= 4 is 11.6 Å². The summed E-state index contributed by atoms with van der Waals surface area (Å²) in [7, 11) is 1.64. The number of furan rings is 1. The average Bonchev–Trinajstić information content (AvgIpc) is 3.24. The van der Waals surface area contributed by atoms with E-state index in [1.54, 1.807) is 19.6 Å². The maximum atomic E-state index is 13.0. The van der Waals surface area contributed by atoms with Gasteiger partial charge in [0.25, 0.3) is 0 Å². The van der Waals surface area contributed by atoms with Gasteiger partial charge in [-0.05, 0) is 30.2 Å². The van der Waals surface area contributed by atoms with E-state index in [1.165, 1.54) is 5.56 Å². The molecule has 28 heavy (non-hydrogen) atoms. The number of rotatable bonds is 6. The van der Waals surface area contributed by atoms with Crippen molar-refractivity contribution in [2.45, 2.75) is 19.0 Å². The lowest BCUT2D eigenvalue weighted by Crippen LogP contribution is -2.56. The van der Waals surface area contributed by atoms with Crippen LogP contribution in [0.5, 0.6) is 5.75 Å². The minimum atomic E-state index is 0.0982. The Labute approximate surface area is 165 Å². The van der Waals surface area contributed by atoms with Crippen LogP contribution in [0.2, 0.25) is 0 Å². The molecule has 1 saturated heterocycles. The van der Waals surface area contributed by atoms with Gasteiger partial charge in [0, 0.05) is 36.4 Å². The van der Waals surface area contributed by atoms with Gasteiger partial charge >= 0.3 is 0 Å². The zero-order chi connectivity index (χ0) is 19.3. The third-order valence-electron chi connectivity index (χ3n) is 5.19. The molecule has 4 rings (SSSR count). The number of carbonyl (C=O) groups excluding carboxylic acids is 1. The normalized spacial score (nSPS) is 17.7. The van der Waals surface area contributed by atoms with Crippen molar-refractivity contribution in [3.8, 4) is 5.75 Å². The number of methoxy groups -OCH3 is 1. The first-order valence-electron chi connectivity index (χ1n) is 9.46. The number of nitrogens with zero attached hydrogens (tertiary/aromatic N) is 2. The first-order valence-corrected chi connectivity index (χ1v) is 9.46. The van der Waals surface area contributed by atoms with E-state index in [1.807, 2.05) is 41.3 Å². The maximum Gasteiger partial charge on any atom is 0.241 e. The van der Waals surface area contributed by atoms with Crippen molar-refractivity contribution in [3.05, 3.63) is 84.3 Å². The molecule has 3 aromatic rings. The van der Waals surface area contributed by atoms with Crippen LogP contribution in [0.1, 0.15) is 11.1 Å². The minimum Gasteiger partial charge on any atom is -0.497 e. The molecule has 5 nitrogen and oxygen atoms in total. The first kappa shape index (κ1) is 18.3. The zero-order valence-corrected chi connectivity index (χ0v) is 16.0. The summed E-state index contributed by atoms with van der Waals surface area (Å²) in [5, 5.41) is 0. The van der Waals surface area contributed by atoms with Crippen molar-refractivity contribution in [2.24, 2.45) is 0 Å². The lowest BCUT2D eigenvalue weighted by atomic mass is 10.0. The molecule has 2 heterocycles. The van der Waals surface area contributed by atoms with Gasteiger partial charge in [-0.2, -0.15) is 0 Å². The Morgan fingerprint density at radius 2 is 1.93 bits per heavy atom. The van der Waals surface area contributed by atoms with E-state index in [4.69, 9.17) is 9.15 Å². The smallest absolute Gasteiger partial charge is 0.241 e.